The Morgan fingerprint density at radius 3 is 2.56 bits per heavy atom. The van der Waals surface area contributed by atoms with E-state index in [1.54, 1.807) is 0 Å². The molecule has 1 rings (SSSR count). The quantitative estimate of drug-likeness (QED) is 0.610. The topological polar surface area (TPSA) is 38.0 Å². The molecule has 0 radical (unpaired) electrons. The van der Waals surface area contributed by atoms with E-state index < -0.39 is 0 Å². The Balaban J connectivity index is 2.94. The van der Waals surface area contributed by atoms with Crippen LogP contribution in [0.1, 0.15) is 43.9 Å². The van der Waals surface area contributed by atoms with Gasteiger partial charge in [-0.15, -0.1) is 0 Å². The van der Waals surface area contributed by atoms with Crippen molar-refractivity contribution >= 4 is 11.6 Å². The van der Waals surface area contributed by atoms with Crippen molar-refractivity contribution in [3.05, 3.63) is 34.3 Å². The maximum atomic E-state index is 6.06. The highest BCUT2D eigenvalue weighted by atomic mass is 35.5. The molecule has 0 aliphatic carbocycles. The number of halogens is 1. The SMILES string of the molecule is CCCC(C)C(NN)c1cc(C)cc(Cl)c1. The molecule has 0 saturated carbocycles. The van der Waals surface area contributed by atoms with E-state index in [1.165, 1.54) is 17.5 Å². The van der Waals surface area contributed by atoms with Crippen LogP contribution in [0, 0.1) is 12.8 Å². The standard InChI is InChI=1S/C13H21ClN2/c1-4-5-10(3)13(16-15)11-6-9(2)7-12(14)8-11/h6-8,10,13,16H,4-5,15H2,1-3H3. The fourth-order valence-corrected chi connectivity index (χ4v) is 2.45. The largest absolute Gasteiger partial charge is 0.271 e. The molecule has 2 unspecified atom stereocenters. The molecular weight excluding hydrogens is 220 g/mol. The van der Waals surface area contributed by atoms with Gasteiger partial charge < -0.3 is 0 Å². The lowest BCUT2D eigenvalue weighted by Crippen LogP contribution is -2.32. The second-order valence-corrected chi connectivity index (χ2v) is 4.91. The summed E-state index contributed by atoms with van der Waals surface area (Å²) < 4.78 is 0. The third kappa shape index (κ3) is 3.48. The second-order valence-electron chi connectivity index (χ2n) is 4.47. The number of hydrazine groups is 1. The number of rotatable bonds is 5. The molecule has 2 atom stereocenters. The van der Waals surface area contributed by atoms with E-state index in [-0.39, 0.29) is 6.04 Å². The van der Waals surface area contributed by atoms with Gasteiger partial charge in [0.1, 0.15) is 0 Å². The van der Waals surface area contributed by atoms with Crippen molar-refractivity contribution in [2.24, 2.45) is 11.8 Å². The Hall–Kier alpha value is -0.570. The lowest BCUT2D eigenvalue weighted by atomic mass is 9.91. The fourth-order valence-electron chi connectivity index (χ4n) is 2.16. The molecule has 0 aliphatic rings. The summed E-state index contributed by atoms with van der Waals surface area (Å²) in [6.45, 7) is 6.45. The third-order valence-corrected chi connectivity index (χ3v) is 3.13. The lowest BCUT2D eigenvalue weighted by Gasteiger charge is -2.24. The maximum Gasteiger partial charge on any atom is 0.0486 e. The summed E-state index contributed by atoms with van der Waals surface area (Å²) in [7, 11) is 0. The first-order chi connectivity index (χ1) is 7.58. The van der Waals surface area contributed by atoms with E-state index in [0.29, 0.717) is 5.92 Å². The van der Waals surface area contributed by atoms with E-state index in [9.17, 15) is 0 Å². The van der Waals surface area contributed by atoms with Gasteiger partial charge in [-0.2, -0.15) is 0 Å². The van der Waals surface area contributed by atoms with Crippen LogP contribution in [0.25, 0.3) is 0 Å². The monoisotopic (exact) mass is 240 g/mol. The Labute approximate surface area is 103 Å². The average Bonchev–Trinajstić information content (AvgIpc) is 2.17. The molecular formula is C13H21ClN2. The highest BCUT2D eigenvalue weighted by Gasteiger charge is 2.17. The van der Waals surface area contributed by atoms with Crippen LogP contribution in [0.4, 0.5) is 0 Å². The van der Waals surface area contributed by atoms with Crippen LogP contribution in [0.15, 0.2) is 18.2 Å². The number of aryl methyl sites for hydroxylation is 1. The van der Waals surface area contributed by atoms with Gasteiger partial charge in [0.05, 0.1) is 0 Å². The van der Waals surface area contributed by atoms with E-state index in [4.69, 9.17) is 17.4 Å². The molecule has 0 fully saturated rings. The van der Waals surface area contributed by atoms with Gasteiger partial charge in [0.15, 0.2) is 0 Å². The van der Waals surface area contributed by atoms with Crippen molar-refractivity contribution in [1.82, 2.24) is 5.43 Å². The molecule has 2 nitrogen and oxygen atoms in total. The minimum absolute atomic E-state index is 0.178. The van der Waals surface area contributed by atoms with Gasteiger partial charge in [-0.3, -0.25) is 11.3 Å². The Morgan fingerprint density at radius 1 is 1.38 bits per heavy atom. The van der Waals surface area contributed by atoms with Crippen LogP contribution in [0.3, 0.4) is 0 Å². The van der Waals surface area contributed by atoms with Gasteiger partial charge in [-0.05, 0) is 42.5 Å². The van der Waals surface area contributed by atoms with E-state index in [0.717, 1.165) is 11.4 Å². The van der Waals surface area contributed by atoms with Crippen LogP contribution in [-0.2, 0) is 0 Å². The fraction of sp³-hybridized carbons (Fsp3) is 0.538. The first-order valence-corrected chi connectivity index (χ1v) is 6.19. The molecule has 3 heteroatoms. The number of hydrogen-bond donors (Lipinski definition) is 2. The minimum atomic E-state index is 0.178. The first-order valence-electron chi connectivity index (χ1n) is 5.81. The van der Waals surface area contributed by atoms with Crippen molar-refractivity contribution < 1.29 is 0 Å². The zero-order chi connectivity index (χ0) is 12.1. The molecule has 0 spiro atoms. The van der Waals surface area contributed by atoms with Gasteiger partial charge in [-0.1, -0.05) is 37.9 Å². The molecule has 0 bridgehead atoms. The van der Waals surface area contributed by atoms with Crippen molar-refractivity contribution in [2.45, 2.75) is 39.7 Å². The Kier molecular flexibility index (Phi) is 5.26. The number of nitrogens with one attached hydrogen (secondary N) is 1. The van der Waals surface area contributed by atoms with Gasteiger partial charge in [0.2, 0.25) is 0 Å². The van der Waals surface area contributed by atoms with Gasteiger partial charge in [0.25, 0.3) is 0 Å². The summed E-state index contributed by atoms with van der Waals surface area (Å²) in [5.74, 6) is 6.15. The van der Waals surface area contributed by atoms with Gasteiger partial charge in [0, 0.05) is 11.1 Å². The van der Waals surface area contributed by atoms with Crippen LogP contribution in [0.2, 0.25) is 5.02 Å². The van der Waals surface area contributed by atoms with Crippen LogP contribution in [-0.4, -0.2) is 0 Å². The summed E-state index contributed by atoms with van der Waals surface area (Å²) in [4.78, 5) is 0. The molecule has 0 amide bonds. The molecule has 0 aromatic heterocycles. The van der Waals surface area contributed by atoms with E-state index in [1.807, 2.05) is 19.1 Å². The van der Waals surface area contributed by atoms with Crippen LogP contribution in [0.5, 0.6) is 0 Å². The number of nitrogens with two attached hydrogens (primary N) is 1. The highest BCUT2D eigenvalue weighted by Crippen LogP contribution is 2.27. The lowest BCUT2D eigenvalue weighted by molar-refractivity contribution is 0.368. The van der Waals surface area contributed by atoms with Gasteiger partial charge >= 0.3 is 0 Å². The van der Waals surface area contributed by atoms with Crippen molar-refractivity contribution in [3.63, 3.8) is 0 Å². The van der Waals surface area contributed by atoms with Gasteiger partial charge in [-0.25, -0.2) is 0 Å². The summed E-state index contributed by atoms with van der Waals surface area (Å²) in [5, 5.41) is 0.777. The molecule has 16 heavy (non-hydrogen) atoms. The minimum Gasteiger partial charge on any atom is -0.271 e. The van der Waals surface area contributed by atoms with Crippen LogP contribution < -0.4 is 11.3 Å². The number of benzene rings is 1. The zero-order valence-electron chi connectivity index (χ0n) is 10.3. The van der Waals surface area contributed by atoms with E-state index >= 15 is 0 Å². The molecule has 1 aromatic carbocycles. The van der Waals surface area contributed by atoms with Crippen LogP contribution >= 0.6 is 11.6 Å². The van der Waals surface area contributed by atoms with Crippen molar-refractivity contribution in [2.75, 3.05) is 0 Å². The summed E-state index contributed by atoms with van der Waals surface area (Å²) in [6, 6.07) is 6.27. The van der Waals surface area contributed by atoms with Crippen molar-refractivity contribution in [3.8, 4) is 0 Å². The predicted molar refractivity (Wildman–Crippen MR) is 70.3 cm³/mol. The Bertz CT molecular complexity index is 318. The molecule has 0 aliphatic heterocycles. The highest BCUT2D eigenvalue weighted by molar-refractivity contribution is 6.30. The normalized spacial score (nSPS) is 14.8. The summed E-state index contributed by atoms with van der Waals surface area (Å²) in [5.41, 5.74) is 5.25. The molecule has 0 saturated heterocycles. The maximum absolute atomic E-state index is 6.06. The average molecular weight is 241 g/mol. The number of hydrogen-bond acceptors (Lipinski definition) is 2. The molecule has 0 heterocycles. The smallest absolute Gasteiger partial charge is 0.0486 e. The molecule has 90 valence electrons. The third-order valence-electron chi connectivity index (χ3n) is 2.92. The van der Waals surface area contributed by atoms with Crippen molar-refractivity contribution in [1.29, 1.82) is 0 Å². The zero-order valence-corrected chi connectivity index (χ0v) is 11.0. The van der Waals surface area contributed by atoms with E-state index in [2.05, 4.69) is 25.3 Å². The molecule has 3 N–H and O–H groups in total. The Morgan fingerprint density at radius 2 is 2.06 bits per heavy atom. The summed E-state index contributed by atoms with van der Waals surface area (Å²) in [6.07, 6.45) is 2.32. The second kappa shape index (κ2) is 6.24. The molecule has 1 aromatic rings. The first kappa shape index (κ1) is 13.5. The predicted octanol–water partition coefficient (Wildman–Crippen LogP) is 3.59. The summed E-state index contributed by atoms with van der Waals surface area (Å²) >= 11 is 6.06.